The molecule has 1 aromatic rings. The summed E-state index contributed by atoms with van der Waals surface area (Å²) in [5.74, 6) is -0.314. The lowest BCUT2D eigenvalue weighted by molar-refractivity contribution is -0.122. The molecule has 1 saturated heterocycles. The Kier molecular flexibility index (Phi) is 8.15. The molecule has 1 aliphatic rings. The Labute approximate surface area is 160 Å². The van der Waals surface area contributed by atoms with Gasteiger partial charge in [0.05, 0.1) is 6.54 Å². The minimum Gasteiger partial charge on any atom is -0.333 e. The van der Waals surface area contributed by atoms with E-state index < -0.39 is 6.03 Å². The summed E-state index contributed by atoms with van der Waals surface area (Å²) in [5, 5.41) is 9.11. The van der Waals surface area contributed by atoms with Gasteiger partial charge in [0.1, 0.15) is 0 Å². The lowest BCUT2D eigenvalue weighted by Gasteiger charge is -2.36. The highest BCUT2D eigenvalue weighted by molar-refractivity contribution is 6.30. The van der Waals surface area contributed by atoms with Crippen molar-refractivity contribution >= 4 is 35.9 Å². The summed E-state index contributed by atoms with van der Waals surface area (Å²) < 4.78 is 0. The molecule has 0 radical (unpaired) electrons. The van der Waals surface area contributed by atoms with E-state index in [0.29, 0.717) is 5.02 Å². The Morgan fingerprint density at radius 1 is 1.36 bits per heavy atom. The number of amides is 3. The molecule has 6 nitrogen and oxygen atoms in total. The van der Waals surface area contributed by atoms with Crippen molar-refractivity contribution < 1.29 is 9.59 Å². The van der Waals surface area contributed by atoms with Gasteiger partial charge >= 0.3 is 6.03 Å². The molecule has 0 saturated carbocycles. The van der Waals surface area contributed by atoms with Crippen molar-refractivity contribution in [3.05, 3.63) is 34.9 Å². The molecule has 1 atom stereocenters. The fourth-order valence-corrected chi connectivity index (χ4v) is 2.90. The van der Waals surface area contributed by atoms with Gasteiger partial charge in [-0.1, -0.05) is 23.7 Å². The van der Waals surface area contributed by atoms with Gasteiger partial charge in [0.25, 0.3) is 0 Å². The SMILES string of the molecule is CC(C)(C)NC(=O)NC(=O)CN1CCNCC1c1cccc(Cl)c1.Cl. The second-order valence-corrected chi connectivity index (χ2v) is 7.43. The number of piperazine rings is 1. The maximum Gasteiger partial charge on any atom is 0.321 e. The number of nitrogens with zero attached hydrogens (tertiary/aromatic N) is 1. The number of hydrogen-bond donors (Lipinski definition) is 3. The second-order valence-electron chi connectivity index (χ2n) is 7.00. The average Bonchev–Trinajstić information content (AvgIpc) is 2.45. The number of nitrogens with one attached hydrogen (secondary N) is 3. The molecule has 3 amide bonds. The van der Waals surface area contributed by atoms with Crippen LogP contribution in [-0.4, -0.2) is 48.6 Å². The average molecular weight is 389 g/mol. The van der Waals surface area contributed by atoms with Crippen LogP contribution in [0, 0.1) is 0 Å². The molecule has 2 rings (SSSR count). The maximum atomic E-state index is 12.2. The first-order chi connectivity index (χ1) is 11.2. The van der Waals surface area contributed by atoms with E-state index in [0.717, 1.165) is 25.2 Å². The van der Waals surface area contributed by atoms with Gasteiger partial charge in [-0.3, -0.25) is 15.0 Å². The number of halogens is 2. The third kappa shape index (κ3) is 7.20. The number of urea groups is 1. The van der Waals surface area contributed by atoms with E-state index in [2.05, 4.69) is 20.9 Å². The first-order valence-electron chi connectivity index (χ1n) is 8.07. The van der Waals surface area contributed by atoms with Gasteiger partial charge in [-0.2, -0.15) is 0 Å². The van der Waals surface area contributed by atoms with E-state index in [1.807, 2.05) is 45.0 Å². The Balaban J connectivity index is 0.00000312. The van der Waals surface area contributed by atoms with Crippen molar-refractivity contribution in [3.63, 3.8) is 0 Å². The number of hydrogen-bond acceptors (Lipinski definition) is 4. The summed E-state index contributed by atoms with van der Waals surface area (Å²) in [4.78, 5) is 26.1. The number of rotatable bonds is 3. The van der Waals surface area contributed by atoms with Crippen LogP contribution in [0.3, 0.4) is 0 Å². The van der Waals surface area contributed by atoms with Crippen molar-refractivity contribution in [3.8, 4) is 0 Å². The molecule has 1 heterocycles. The van der Waals surface area contributed by atoms with Gasteiger partial charge in [-0.05, 0) is 38.5 Å². The van der Waals surface area contributed by atoms with Gasteiger partial charge in [-0.25, -0.2) is 4.79 Å². The monoisotopic (exact) mass is 388 g/mol. The highest BCUT2D eigenvalue weighted by Gasteiger charge is 2.26. The van der Waals surface area contributed by atoms with Crippen molar-refractivity contribution in [1.82, 2.24) is 20.9 Å². The van der Waals surface area contributed by atoms with Crippen molar-refractivity contribution in [2.45, 2.75) is 32.4 Å². The second kappa shape index (κ2) is 9.38. The first-order valence-corrected chi connectivity index (χ1v) is 8.44. The first kappa shape index (κ1) is 21.7. The molecule has 1 aromatic carbocycles. The Hall–Kier alpha value is -1.34. The Bertz CT molecular complexity index is 605. The van der Waals surface area contributed by atoms with Crippen LogP contribution >= 0.6 is 24.0 Å². The highest BCUT2D eigenvalue weighted by atomic mass is 35.5. The largest absolute Gasteiger partial charge is 0.333 e. The fraction of sp³-hybridized carbons (Fsp3) is 0.529. The third-order valence-corrected chi connectivity index (χ3v) is 3.91. The quantitative estimate of drug-likeness (QED) is 0.742. The summed E-state index contributed by atoms with van der Waals surface area (Å²) in [7, 11) is 0. The van der Waals surface area contributed by atoms with Gasteiger partial charge in [0, 0.05) is 36.2 Å². The molecule has 0 spiro atoms. The summed E-state index contributed by atoms with van der Waals surface area (Å²) in [5.41, 5.74) is 0.671. The summed E-state index contributed by atoms with van der Waals surface area (Å²) in [6.07, 6.45) is 0. The van der Waals surface area contributed by atoms with E-state index in [-0.39, 0.29) is 36.4 Å². The minimum absolute atomic E-state index is 0. The molecule has 0 aromatic heterocycles. The Morgan fingerprint density at radius 2 is 2.08 bits per heavy atom. The van der Waals surface area contributed by atoms with Gasteiger partial charge in [-0.15, -0.1) is 12.4 Å². The van der Waals surface area contributed by atoms with Gasteiger partial charge in [0.15, 0.2) is 0 Å². The van der Waals surface area contributed by atoms with E-state index in [1.54, 1.807) is 0 Å². The van der Waals surface area contributed by atoms with Crippen LogP contribution in [0.15, 0.2) is 24.3 Å². The normalized spacial score (nSPS) is 18.2. The molecule has 1 fully saturated rings. The molecule has 25 heavy (non-hydrogen) atoms. The molecular weight excluding hydrogens is 363 g/mol. The van der Waals surface area contributed by atoms with E-state index >= 15 is 0 Å². The molecule has 8 heteroatoms. The third-order valence-electron chi connectivity index (χ3n) is 3.68. The number of carbonyl (C=O) groups is 2. The maximum absolute atomic E-state index is 12.2. The van der Waals surface area contributed by atoms with Crippen molar-refractivity contribution in [2.24, 2.45) is 0 Å². The van der Waals surface area contributed by atoms with E-state index in [9.17, 15) is 9.59 Å². The molecule has 140 valence electrons. The smallest absolute Gasteiger partial charge is 0.321 e. The lowest BCUT2D eigenvalue weighted by Crippen LogP contribution is -2.53. The van der Waals surface area contributed by atoms with Crippen LogP contribution in [0.1, 0.15) is 32.4 Å². The van der Waals surface area contributed by atoms with Crippen molar-refractivity contribution in [1.29, 1.82) is 0 Å². The van der Waals surface area contributed by atoms with Crippen molar-refractivity contribution in [2.75, 3.05) is 26.2 Å². The van der Waals surface area contributed by atoms with E-state index in [4.69, 9.17) is 11.6 Å². The summed E-state index contributed by atoms with van der Waals surface area (Å²) in [6.45, 7) is 8.02. The highest BCUT2D eigenvalue weighted by Crippen LogP contribution is 2.24. The van der Waals surface area contributed by atoms with Crippen LogP contribution < -0.4 is 16.0 Å². The molecule has 3 N–H and O–H groups in total. The zero-order valence-electron chi connectivity index (χ0n) is 14.8. The van der Waals surface area contributed by atoms with Crippen LogP contribution in [0.25, 0.3) is 0 Å². The van der Waals surface area contributed by atoms with Crippen LogP contribution in [0.5, 0.6) is 0 Å². The molecule has 1 aliphatic heterocycles. The predicted molar refractivity (Wildman–Crippen MR) is 102 cm³/mol. The van der Waals surface area contributed by atoms with Crippen LogP contribution in [-0.2, 0) is 4.79 Å². The zero-order chi connectivity index (χ0) is 17.7. The number of carbonyl (C=O) groups excluding carboxylic acids is 2. The minimum atomic E-state index is -0.470. The van der Waals surface area contributed by atoms with Gasteiger partial charge in [0.2, 0.25) is 5.91 Å². The molecular formula is C17H26Cl2N4O2. The summed E-state index contributed by atoms with van der Waals surface area (Å²) in [6, 6.07) is 7.23. The lowest BCUT2D eigenvalue weighted by atomic mass is 10.0. The standard InChI is InChI=1S/C17H25ClN4O2.ClH/c1-17(2,3)21-16(24)20-15(23)11-22-8-7-19-10-14(22)12-5-4-6-13(18)9-12;/h4-6,9,14,19H,7-8,10-11H2,1-3H3,(H2,20,21,23,24);1H. The molecule has 0 aliphatic carbocycles. The number of benzene rings is 1. The number of imide groups is 1. The van der Waals surface area contributed by atoms with Crippen LogP contribution in [0.2, 0.25) is 5.02 Å². The molecule has 0 bridgehead atoms. The molecule has 1 unspecified atom stereocenters. The Morgan fingerprint density at radius 3 is 2.72 bits per heavy atom. The van der Waals surface area contributed by atoms with Crippen LogP contribution in [0.4, 0.5) is 4.79 Å². The van der Waals surface area contributed by atoms with Gasteiger partial charge < -0.3 is 10.6 Å². The van der Waals surface area contributed by atoms with E-state index in [1.165, 1.54) is 0 Å². The zero-order valence-corrected chi connectivity index (χ0v) is 16.3. The predicted octanol–water partition coefficient (Wildman–Crippen LogP) is 2.33. The summed E-state index contributed by atoms with van der Waals surface area (Å²) >= 11 is 6.08. The fourth-order valence-electron chi connectivity index (χ4n) is 2.70. The topological polar surface area (TPSA) is 73.5 Å².